The summed E-state index contributed by atoms with van der Waals surface area (Å²) in [4.78, 5) is 2.55. The molecule has 1 aliphatic heterocycles. The van der Waals surface area contributed by atoms with Gasteiger partial charge in [-0.2, -0.15) is 4.58 Å². The van der Waals surface area contributed by atoms with Crippen molar-refractivity contribution >= 4 is 17.1 Å². The maximum absolute atomic E-state index is 2.55. The van der Waals surface area contributed by atoms with Crippen LogP contribution in [0.15, 0.2) is 48.5 Å². The first-order valence-corrected chi connectivity index (χ1v) is 8.39. The van der Waals surface area contributed by atoms with Crippen LogP contribution in [0.3, 0.4) is 0 Å². The summed E-state index contributed by atoms with van der Waals surface area (Å²) in [5.74, 6) is 0. The largest absolute Gasteiger partial charge is 0.299 e. The highest BCUT2D eigenvalue weighted by Crippen LogP contribution is 2.38. The third kappa shape index (κ3) is 2.37. The lowest BCUT2D eigenvalue weighted by molar-refractivity contribution is -0.470. The number of benzene rings is 2. The molecule has 1 atom stereocenters. The Hall–Kier alpha value is -2.09. The molecule has 3 rings (SSSR count). The average Bonchev–Trinajstić information content (AvgIpc) is 2.67. The van der Waals surface area contributed by atoms with E-state index < -0.39 is 0 Å². The van der Waals surface area contributed by atoms with Crippen molar-refractivity contribution in [2.75, 3.05) is 4.90 Å². The van der Waals surface area contributed by atoms with E-state index in [4.69, 9.17) is 0 Å². The molecule has 0 aromatic heterocycles. The van der Waals surface area contributed by atoms with Crippen LogP contribution in [0.1, 0.15) is 38.8 Å². The summed E-state index contributed by atoms with van der Waals surface area (Å²) in [6.45, 7) is 13.6. The van der Waals surface area contributed by atoms with Gasteiger partial charge < -0.3 is 0 Å². The average molecular weight is 307 g/mol. The highest BCUT2D eigenvalue weighted by Gasteiger charge is 2.50. The van der Waals surface area contributed by atoms with Gasteiger partial charge in [-0.3, -0.25) is 4.90 Å². The predicted molar refractivity (Wildman–Crippen MR) is 99.0 cm³/mol. The second kappa shape index (κ2) is 5.52. The zero-order valence-electron chi connectivity index (χ0n) is 15.1. The van der Waals surface area contributed by atoms with Crippen LogP contribution in [0.4, 0.5) is 11.4 Å². The van der Waals surface area contributed by atoms with E-state index in [-0.39, 0.29) is 11.7 Å². The Morgan fingerprint density at radius 3 is 2.04 bits per heavy atom. The van der Waals surface area contributed by atoms with Crippen LogP contribution in [0.2, 0.25) is 0 Å². The summed E-state index contributed by atoms with van der Waals surface area (Å²) in [6, 6.07) is 17.3. The lowest BCUT2D eigenvalue weighted by Crippen LogP contribution is -2.47. The molecular weight excluding hydrogens is 280 g/mol. The molecule has 0 saturated carbocycles. The van der Waals surface area contributed by atoms with Crippen LogP contribution in [0.25, 0.3) is 0 Å². The number of nitrogens with zero attached hydrogens (tertiary/aromatic N) is 2. The number of hydrogen-bond acceptors (Lipinski definition) is 1. The Balaban J connectivity index is 2.16. The zero-order chi connectivity index (χ0) is 16.8. The van der Waals surface area contributed by atoms with Gasteiger partial charge in [0, 0.05) is 31.2 Å². The highest BCUT2D eigenvalue weighted by molar-refractivity contribution is 5.93. The van der Waals surface area contributed by atoms with Crippen molar-refractivity contribution in [3.8, 4) is 0 Å². The maximum atomic E-state index is 2.55. The molecule has 0 radical (unpaired) electrons. The first-order valence-electron chi connectivity index (χ1n) is 8.39. The minimum atomic E-state index is -0.0200. The van der Waals surface area contributed by atoms with Crippen molar-refractivity contribution < 1.29 is 4.58 Å². The van der Waals surface area contributed by atoms with Gasteiger partial charge in [0.25, 0.3) is 0 Å². The second-order valence-corrected chi connectivity index (χ2v) is 7.09. The molecule has 0 aliphatic carbocycles. The summed E-state index contributed by atoms with van der Waals surface area (Å²) in [5.41, 5.74) is 6.64. The molecule has 2 aromatic carbocycles. The smallest absolute Gasteiger partial charge is 0.232 e. The first-order chi connectivity index (χ1) is 10.9. The lowest BCUT2D eigenvalue weighted by atomic mass is 9.96. The molecule has 0 fully saturated rings. The second-order valence-electron chi connectivity index (χ2n) is 7.09. The Labute approximate surface area is 140 Å². The standard InChI is InChI=1S/C21H27N2/c1-15-11-7-9-13-19(15)22-17(3)21(5,6)23(18(22)4)20-14-10-8-12-16(20)2/h7-14,18H,1-6H3/q+1. The minimum Gasteiger partial charge on any atom is -0.299 e. The SMILES string of the molecule is CC1=[N+](c2ccccc2C)C(C)N(c2ccccc2C)C1(C)C. The fourth-order valence-electron chi connectivity index (χ4n) is 3.88. The van der Waals surface area contributed by atoms with E-state index in [1.54, 1.807) is 0 Å². The zero-order valence-corrected chi connectivity index (χ0v) is 15.1. The van der Waals surface area contributed by atoms with E-state index >= 15 is 0 Å². The van der Waals surface area contributed by atoms with Crippen molar-refractivity contribution in [1.82, 2.24) is 0 Å². The van der Waals surface area contributed by atoms with Gasteiger partial charge in [-0.25, -0.2) is 0 Å². The summed E-state index contributed by atoms with van der Waals surface area (Å²) in [6.07, 6.45) is 0.284. The van der Waals surface area contributed by atoms with Crippen molar-refractivity contribution in [2.24, 2.45) is 0 Å². The van der Waals surface area contributed by atoms with E-state index in [1.807, 2.05) is 0 Å². The number of para-hydroxylation sites is 2. The molecule has 2 aromatic rings. The molecule has 23 heavy (non-hydrogen) atoms. The summed E-state index contributed by atoms with van der Waals surface area (Å²) in [5, 5.41) is 0. The molecule has 0 saturated heterocycles. The molecule has 2 nitrogen and oxygen atoms in total. The van der Waals surface area contributed by atoms with Gasteiger partial charge >= 0.3 is 0 Å². The fourth-order valence-corrected chi connectivity index (χ4v) is 3.88. The number of anilines is 1. The molecule has 120 valence electrons. The summed E-state index contributed by atoms with van der Waals surface area (Å²) in [7, 11) is 0. The van der Waals surface area contributed by atoms with Gasteiger partial charge in [-0.05, 0) is 39.3 Å². The van der Waals surface area contributed by atoms with Gasteiger partial charge in [0.2, 0.25) is 11.9 Å². The van der Waals surface area contributed by atoms with E-state index in [0.29, 0.717) is 0 Å². The number of rotatable bonds is 2. The summed E-state index contributed by atoms with van der Waals surface area (Å²) >= 11 is 0. The Bertz CT molecular complexity index is 771. The van der Waals surface area contributed by atoms with E-state index in [2.05, 4.69) is 99.5 Å². The molecule has 0 bridgehead atoms. The minimum absolute atomic E-state index is 0.0200. The first kappa shape index (κ1) is 15.8. The third-order valence-corrected chi connectivity index (χ3v) is 5.35. The lowest BCUT2D eigenvalue weighted by Gasteiger charge is -2.33. The van der Waals surface area contributed by atoms with Gasteiger partial charge in [0.1, 0.15) is 5.54 Å². The molecule has 1 unspecified atom stereocenters. The van der Waals surface area contributed by atoms with E-state index in [1.165, 1.54) is 28.2 Å². The molecular formula is C21H27N2+. The number of aryl methyl sites for hydroxylation is 2. The normalized spacial score (nSPS) is 20.3. The summed E-state index contributed by atoms with van der Waals surface area (Å²) < 4.78 is 2.49. The predicted octanol–water partition coefficient (Wildman–Crippen LogP) is 5.05. The van der Waals surface area contributed by atoms with E-state index in [9.17, 15) is 0 Å². The van der Waals surface area contributed by atoms with Crippen LogP contribution >= 0.6 is 0 Å². The molecule has 0 N–H and O–H groups in total. The molecule has 1 heterocycles. The van der Waals surface area contributed by atoms with Gasteiger partial charge in [-0.15, -0.1) is 0 Å². The third-order valence-electron chi connectivity index (χ3n) is 5.35. The molecule has 2 heteroatoms. The van der Waals surface area contributed by atoms with Gasteiger partial charge in [0.05, 0.1) is 0 Å². The highest BCUT2D eigenvalue weighted by atomic mass is 15.4. The quantitative estimate of drug-likeness (QED) is 0.703. The van der Waals surface area contributed by atoms with Crippen molar-refractivity contribution in [3.63, 3.8) is 0 Å². The van der Waals surface area contributed by atoms with Crippen molar-refractivity contribution in [3.05, 3.63) is 59.7 Å². The van der Waals surface area contributed by atoms with Crippen molar-refractivity contribution in [2.45, 2.75) is 53.2 Å². The maximum Gasteiger partial charge on any atom is 0.232 e. The van der Waals surface area contributed by atoms with Crippen LogP contribution in [0.5, 0.6) is 0 Å². The Kier molecular flexibility index (Phi) is 3.79. The Morgan fingerprint density at radius 2 is 1.43 bits per heavy atom. The molecule has 0 amide bonds. The number of hydrogen-bond donors (Lipinski definition) is 0. The van der Waals surface area contributed by atoms with Gasteiger partial charge in [0.15, 0.2) is 5.71 Å². The van der Waals surface area contributed by atoms with Gasteiger partial charge in [-0.1, -0.05) is 36.4 Å². The van der Waals surface area contributed by atoms with Crippen LogP contribution in [-0.2, 0) is 0 Å². The molecule has 0 spiro atoms. The Morgan fingerprint density at radius 1 is 0.870 bits per heavy atom. The van der Waals surface area contributed by atoms with Crippen LogP contribution < -0.4 is 4.90 Å². The molecule has 1 aliphatic rings. The van der Waals surface area contributed by atoms with Crippen LogP contribution in [-0.4, -0.2) is 22.0 Å². The van der Waals surface area contributed by atoms with Crippen LogP contribution in [0, 0.1) is 13.8 Å². The monoisotopic (exact) mass is 307 g/mol. The topological polar surface area (TPSA) is 6.25 Å². The van der Waals surface area contributed by atoms with E-state index in [0.717, 1.165) is 0 Å². The fraction of sp³-hybridized carbons (Fsp3) is 0.381. The van der Waals surface area contributed by atoms with Crippen molar-refractivity contribution in [1.29, 1.82) is 0 Å².